The highest BCUT2D eigenvalue weighted by Crippen LogP contribution is 2.32. The first-order chi connectivity index (χ1) is 12.6. The van der Waals surface area contributed by atoms with Crippen LogP contribution in [0.5, 0.6) is 5.75 Å². The number of amides is 1. The van der Waals surface area contributed by atoms with Crippen molar-refractivity contribution in [3.8, 4) is 5.75 Å². The topological polar surface area (TPSA) is 38.3 Å². The molecule has 1 aliphatic rings. The van der Waals surface area contributed by atoms with Gasteiger partial charge < -0.3 is 10.1 Å². The van der Waals surface area contributed by atoms with Gasteiger partial charge in [-0.2, -0.15) is 13.2 Å². The third-order valence-electron chi connectivity index (χ3n) is 4.82. The minimum atomic E-state index is -4.38. The molecule has 0 aromatic heterocycles. The second-order valence-corrected chi connectivity index (χ2v) is 7.46. The van der Waals surface area contributed by atoms with Gasteiger partial charge in [0.1, 0.15) is 5.75 Å². The van der Waals surface area contributed by atoms with Crippen LogP contribution in [-0.2, 0) is 29.2 Å². The Morgan fingerprint density at radius 1 is 1.11 bits per heavy atom. The fraction of sp³-hybridized carbons (Fsp3) is 0.381. The molecule has 2 aromatic carbocycles. The highest BCUT2D eigenvalue weighted by Gasteiger charge is 2.32. The van der Waals surface area contributed by atoms with Crippen molar-refractivity contribution in [3.05, 3.63) is 64.7 Å². The van der Waals surface area contributed by atoms with Crippen molar-refractivity contribution in [1.82, 2.24) is 5.32 Å². The first kappa shape index (κ1) is 19.3. The number of alkyl halides is 3. The summed E-state index contributed by atoms with van der Waals surface area (Å²) in [5.74, 6) is 0.707. The fourth-order valence-corrected chi connectivity index (χ4v) is 3.14. The number of hydrogen-bond donors (Lipinski definition) is 1. The summed E-state index contributed by atoms with van der Waals surface area (Å²) in [6.07, 6.45) is -3.31. The normalized spacial score (nSPS) is 13.8. The second kappa shape index (κ2) is 7.25. The van der Waals surface area contributed by atoms with E-state index in [1.165, 1.54) is 6.07 Å². The minimum absolute atomic E-state index is 0.158. The van der Waals surface area contributed by atoms with E-state index in [-0.39, 0.29) is 18.9 Å². The summed E-state index contributed by atoms with van der Waals surface area (Å²) >= 11 is 0. The molecule has 0 aliphatic carbocycles. The van der Waals surface area contributed by atoms with Crippen molar-refractivity contribution in [2.75, 3.05) is 13.2 Å². The predicted molar refractivity (Wildman–Crippen MR) is 96.8 cm³/mol. The fourth-order valence-electron chi connectivity index (χ4n) is 3.14. The van der Waals surface area contributed by atoms with Crippen LogP contribution in [0.2, 0.25) is 0 Å². The summed E-state index contributed by atoms with van der Waals surface area (Å²) in [6, 6.07) is 11.0. The van der Waals surface area contributed by atoms with Crippen LogP contribution < -0.4 is 10.1 Å². The Balaban J connectivity index is 1.62. The van der Waals surface area contributed by atoms with Crippen molar-refractivity contribution < 1.29 is 22.7 Å². The summed E-state index contributed by atoms with van der Waals surface area (Å²) < 4.78 is 44.2. The van der Waals surface area contributed by atoms with Crippen LogP contribution in [0.25, 0.3) is 0 Å². The van der Waals surface area contributed by atoms with Gasteiger partial charge in [-0.1, -0.05) is 44.2 Å². The molecule has 1 amide bonds. The molecule has 6 heteroatoms. The van der Waals surface area contributed by atoms with Gasteiger partial charge in [0.25, 0.3) is 0 Å². The average Bonchev–Trinajstić information content (AvgIpc) is 3.07. The highest BCUT2D eigenvalue weighted by molar-refractivity contribution is 5.78. The zero-order chi connectivity index (χ0) is 19.7. The lowest BCUT2D eigenvalue weighted by Crippen LogP contribution is -2.37. The highest BCUT2D eigenvalue weighted by atomic mass is 19.4. The first-order valence-corrected chi connectivity index (χ1v) is 8.84. The van der Waals surface area contributed by atoms with Crippen LogP contribution in [-0.4, -0.2) is 19.1 Å². The molecule has 0 radical (unpaired) electrons. The lowest BCUT2D eigenvalue weighted by atomic mass is 9.83. The molecule has 1 aliphatic heterocycles. The van der Waals surface area contributed by atoms with E-state index in [1.54, 1.807) is 6.07 Å². The smallest absolute Gasteiger partial charge is 0.416 e. The molecule has 0 unspecified atom stereocenters. The Morgan fingerprint density at radius 2 is 1.85 bits per heavy atom. The van der Waals surface area contributed by atoms with Gasteiger partial charge in [-0.15, -0.1) is 0 Å². The van der Waals surface area contributed by atoms with Gasteiger partial charge in [-0.05, 0) is 28.8 Å². The number of ether oxygens (including phenoxy) is 1. The van der Waals surface area contributed by atoms with Crippen LogP contribution >= 0.6 is 0 Å². The van der Waals surface area contributed by atoms with Crippen LogP contribution in [0.15, 0.2) is 42.5 Å². The SMILES string of the molecule is CC(C)(CNC(=O)Cc1ccc2c(c1)CCO2)c1cccc(C(F)(F)F)c1. The molecule has 0 spiro atoms. The van der Waals surface area contributed by atoms with Crippen LogP contribution in [0.4, 0.5) is 13.2 Å². The average molecular weight is 377 g/mol. The number of rotatable bonds is 5. The van der Waals surface area contributed by atoms with E-state index >= 15 is 0 Å². The molecular weight excluding hydrogens is 355 g/mol. The van der Waals surface area contributed by atoms with Crippen LogP contribution in [0.3, 0.4) is 0 Å². The molecule has 0 atom stereocenters. The Kier molecular flexibility index (Phi) is 5.18. The van der Waals surface area contributed by atoms with E-state index in [1.807, 2.05) is 32.0 Å². The first-order valence-electron chi connectivity index (χ1n) is 8.84. The van der Waals surface area contributed by atoms with Gasteiger partial charge in [-0.25, -0.2) is 0 Å². The molecule has 27 heavy (non-hydrogen) atoms. The predicted octanol–water partition coefficient (Wildman–Crippen LogP) is 4.28. The number of benzene rings is 2. The van der Waals surface area contributed by atoms with Crippen molar-refractivity contribution in [3.63, 3.8) is 0 Å². The van der Waals surface area contributed by atoms with Crippen molar-refractivity contribution in [2.45, 2.75) is 38.3 Å². The number of fused-ring (bicyclic) bond motifs is 1. The Bertz CT molecular complexity index is 844. The Morgan fingerprint density at radius 3 is 2.59 bits per heavy atom. The molecule has 0 bridgehead atoms. The lowest BCUT2D eigenvalue weighted by Gasteiger charge is -2.26. The van der Waals surface area contributed by atoms with E-state index in [9.17, 15) is 18.0 Å². The number of nitrogens with one attached hydrogen (secondary N) is 1. The maximum atomic E-state index is 12.9. The van der Waals surface area contributed by atoms with Gasteiger partial charge in [0, 0.05) is 18.4 Å². The van der Waals surface area contributed by atoms with E-state index < -0.39 is 17.2 Å². The molecule has 1 N–H and O–H groups in total. The van der Waals surface area contributed by atoms with Gasteiger partial charge >= 0.3 is 6.18 Å². The lowest BCUT2D eigenvalue weighted by molar-refractivity contribution is -0.137. The third-order valence-corrected chi connectivity index (χ3v) is 4.82. The third kappa shape index (κ3) is 4.62. The van der Waals surface area contributed by atoms with Crippen molar-refractivity contribution >= 4 is 5.91 Å². The largest absolute Gasteiger partial charge is 0.493 e. The van der Waals surface area contributed by atoms with E-state index in [0.717, 1.165) is 35.4 Å². The molecule has 3 rings (SSSR count). The van der Waals surface area contributed by atoms with Crippen molar-refractivity contribution in [1.29, 1.82) is 0 Å². The maximum Gasteiger partial charge on any atom is 0.416 e. The van der Waals surface area contributed by atoms with Gasteiger partial charge in [0.05, 0.1) is 18.6 Å². The summed E-state index contributed by atoms with van der Waals surface area (Å²) in [6.45, 7) is 4.54. The molecule has 2 aromatic rings. The standard InChI is InChI=1S/C21H22F3NO2/c1-20(2,16-4-3-5-17(12-16)21(22,23)24)13-25-19(26)11-14-6-7-18-15(10-14)8-9-27-18/h3-7,10,12H,8-9,11,13H2,1-2H3,(H,25,26). The summed E-state index contributed by atoms with van der Waals surface area (Å²) in [7, 11) is 0. The number of hydrogen-bond acceptors (Lipinski definition) is 2. The zero-order valence-corrected chi connectivity index (χ0v) is 15.3. The van der Waals surface area contributed by atoms with E-state index in [4.69, 9.17) is 4.74 Å². The van der Waals surface area contributed by atoms with E-state index in [0.29, 0.717) is 12.2 Å². The molecule has 144 valence electrons. The van der Waals surface area contributed by atoms with Gasteiger partial charge in [0.15, 0.2) is 0 Å². The molecular formula is C21H22F3NO2. The molecule has 0 saturated heterocycles. The Labute approximate surface area is 156 Å². The maximum absolute atomic E-state index is 12.9. The molecule has 0 saturated carbocycles. The number of carbonyl (C=O) groups is 1. The quantitative estimate of drug-likeness (QED) is 0.845. The monoisotopic (exact) mass is 377 g/mol. The molecule has 3 nitrogen and oxygen atoms in total. The van der Waals surface area contributed by atoms with Crippen LogP contribution in [0.1, 0.15) is 36.1 Å². The van der Waals surface area contributed by atoms with Crippen molar-refractivity contribution in [2.24, 2.45) is 0 Å². The van der Waals surface area contributed by atoms with Crippen LogP contribution in [0, 0.1) is 0 Å². The van der Waals surface area contributed by atoms with E-state index in [2.05, 4.69) is 5.32 Å². The van der Waals surface area contributed by atoms with Gasteiger partial charge in [0.2, 0.25) is 5.91 Å². The minimum Gasteiger partial charge on any atom is -0.493 e. The summed E-state index contributed by atoms with van der Waals surface area (Å²) in [5.41, 5.74) is 1.23. The molecule has 0 fully saturated rings. The van der Waals surface area contributed by atoms with Gasteiger partial charge in [-0.3, -0.25) is 4.79 Å². The zero-order valence-electron chi connectivity index (χ0n) is 15.3. The second-order valence-electron chi connectivity index (χ2n) is 7.46. The number of carbonyl (C=O) groups excluding carboxylic acids is 1. The summed E-state index contributed by atoms with van der Waals surface area (Å²) in [4.78, 5) is 12.3. The molecule has 1 heterocycles. The Hall–Kier alpha value is -2.50. The number of halogens is 3. The summed E-state index contributed by atoms with van der Waals surface area (Å²) in [5, 5.41) is 2.84.